The highest BCUT2D eigenvalue weighted by atomic mass is 79.9. The van der Waals surface area contributed by atoms with Crippen molar-refractivity contribution in [1.29, 1.82) is 0 Å². The first-order valence-corrected chi connectivity index (χ1v) is 6.72. The number of rotatable bonds is 4. The number of alkyl halides is 1. The summed E-state index contributed by atoms with van der Waals surface area (Å²) in [5.74, 6) is 1.42. The molecule has 1 saturated carbocycles. The van der Waals surface area contributed by atoms with Crippen LogP contribution in [-0.2, 0) is 6.42 Å². The van der Waals surface area contributed by atoms with E-state index in [1.165, 1.54) is 25.3 Å². The number of halogens is 2. The first-order valence-electron chi connectivity index (χ1n) is 5.60. The molecule has 1 aliphatic rings. The molecule has 0 nitrogen and oxygen atoms in total. The Hall–Kier alpha value is -0.370. The molecule has 0 saturated heterocycles. The molecule has 2 heteroatoms. The van der Waals surface area contributed by atoms with Gasteiger partial charge >= 0.3 is 0 Å². The fourth-order valence-corrected chi connectivity index (χ4v) is 2.98. The second-order valence-electron chi connectivity index (χ2n) is 4.44. The molecule has 1 fully saturated rings. The largest absolute Gasteiger partial charge is 0.207 e. The minimum absolute atomic E-state index is 0.116. The Kier molecular flexibility index (Phi) is 3.79. The zero-order valence-corrected chi connectivity index (χ0v) is 10.3. The molecule has 0 aliphatic heterocycles. The van der Waals surface area contributed by atoms with Crippen LogP contribution in [0.1, 0.15) is 24.8 Å². The lowest BCUT2D eigenvalue weighted by atomic mass is 9.74. The van der Waals surface area contributed by atoms with Crippen LogP contribution >= 0.6 is 15.9 Å². The number of hydrogen-bond donors (Lipinski definition) is 0. The summed E-state index contributed by atoms with van der Waals surface area (Å²) in [6.45, 7) is 0. The van der Waals surface area contributed by atoms with Gasteiger partial charge in [0.1, 0.15) is 5.82 Å². The standard InChI is InChI=1S/C13H16BrF/c14-9-12(11-4-2-5-11)7-10-3-1-6-13(15)8-10/h1,3,6,8,11-12H,2,4-5,7,9H2. The van der Waals surface area contributed by atoms with Crippen LogP contribution in [0.5, 0.6) is 0 Å². The predicted molar refractivity (Wildman–Crippen MR) is 64.7 cm³/mol. The van der Waals surface area contributed by atoms with E-state index in [9.17, 15) is 4.39 Å². The molecule has 1 aliphatic carbocycles. The van der Waals surface area contributed by atoms with Crippen LogP contribution in [0.2, 0.25) is 0 Å². The van der Waals surface area contributed by atoms with Crippen LogP contribution < -0.4 is 0 Å². The highest BCUT2D eigenvalue weighted by Crippen LogP contribution is 2.36. The molecule has 0 radical (unpaired) electrons. The van der Waals surface area contributed by atoms with Crippen LogP contribution in [0.25, 0.3) is 0 Å². The monoisotopic (exact) mass is 270 g/mol. The third kappa shape index (κ3) is 2.81. The lowest BCUT2D eigenvalue weighted by Gasteiger charge is -2.32. The van der Waals surface area contributed by atoms with Gasteiger partial charge in [0.25, 0.3) is 0 Å². The Bertz CT molecular complexity index is 320. The molecule has 2 rings (SSSR count). The summed E-state index contributed by atoms with van der Waals surface area (Å²) < 4.78 is 13.0. The van der Waals surface area contributed by atoms with Crippen molar-refractivity contribution in [3.63, 3.8) is 0 Å². The van der Waals surface area contributed by atoms with Gasteiger partial charge in [-0.05, 0) is 36.0 Å². The second-order valence-corrected chi connectivity index (χ2v) is 5.09. The predicted octanol–water partition coefficient (Wildman–Crippen LogP) is 4.18. The maximum atomic E-state index is 13.0. The lowest BCUT2D eigenvalue weighted by Crippen LogP contribution is -2.24. The maximum absolute atomic E-state index is 13.0. The van der Waals surface area contributed by atoms with E-state index in [0.717, 1.165) is 23.2 Å². The molecule has 0 spiro atoms. The van der Waals surface area contributed by atoms with Crippen molar-refractivity contribution in [2.75, 3.05) is 5.33 Å². The third-order valence-electron chi connectivity index (χ3n) is 3.40. The summed E-state index contributed by atoms with van der Waals surface area (Å²) >= 11 is 3.57. The van der Waals surface area contributed by atoms with E-state index in [1.54, 1.807) is 12.1 Å². The highest BCUT2D eigenvalue weighted by Gasteiger charge is 2.26. The zero-order valence-electron chi connectivity index (χ0n) is 8.76. The van der Waals surface area contributed by atoms with Crippen molar-refractivity contribution in [1.82, 2.24) is 0 Å². The summed E-state index contributed by atoms with van der Waals surface area (Å²) in [6.07, 6.45) is 5.09. The van der Waals surface area contributed by atoms with Crippen molar-refractivity contribution in [2.45, 2.75) is 25.7 Å². The van der Waals surface area contributed by atoms with E-state index in [0.29, 0.717) is 5.92 Å². The van der Waals surface area contributed by atoms with Crippen LogP contribution in [0.15, 0.2) is 24.3 Å². The van der Waals surface area contributed by atoms with Gasteiger partial charge < -0.3 is 0 Å². The Morgan fingerprint density at radius 3 is 2.73 bits per heavy atom. The summed E-state index contributed by atoms with van der Waals surface area (Å²) in [7, 11) is 0. The molecular formula is C13H16BrF. The Morgan fingerprint density at radius 2 is 2.20 bits per heavy atom. The number of benzene rings is 1. The van der Waals surface area contributed by atoms with Crippen molar-refractivity contribution < 1.29 is 4.39 Å². The summed E-state index contributed by atoms with van der Waals surface area (Å²) in [4.78, 5) is 0. The SMILES string of the molecule is Fc1cccc(CC(CBr)C2CCC2)c1. The Morgan fingerprint density at radius 1 is 1.40 bits per heavy atom. The summed E-state index contributed by atoms with van der Waals surface area (Å²) in [6, 6.07) is 7.00. The quantitative estimate of drug-likeness (QED) is 0.721. The number of hydrogen-bond acceptors (Lipinski definition) is 0. The van der Waals surface area contributed by atoms with E-state index in [4.69, 9.17) is 0 Å². The minimum atomic E-state index is -0.116. The van der Waals surface area contributed by atoms with Gasteiger partial charge in [-0.1, -0.05) is 47.3 Å². The van der Waals surface area contributed by atoms with Crippen molar-refractivity contribution in [3.8, 4) is 0 Å². The molecule has 15 heavy (non-hydrogen) atoms. The summed E-state index contributed by atoms with van der Waals surface area (Å²) in [5, 5.41) is 1.04. The summed E-state index contributed by atoms with van der Waals surface area (Å²) in [5.41, 5.74) is 1.13. The molecule has 0 aromatic heterocycles. The van der Waals surface area contributed by atoms with Gasteiger partial charge in [0.2, 0.25) is 0 Å². The van der Waals surface area contributed by atoms with Crippen molar-refractivity contribution in [2.24, 2.45) is 11.8 Å². The first kappa shape index (κ1) is 11.1. The van der Waals surface area contributed by atoms with E-state index in [1.807, 2.05) is 6.07 Å². The van der Waals surface area contributed by atoms with Gasteiger partial charge in [-0.25, -0.2) is 4.39 Å². The Balaban J connectivity index is 1.99. The highest BCUT2D eigenvalue weighted by molar-refractivity contribution is 9.09. The minimum Gasteiger partial charge on any atom is -0.207 e. The van der Waals surface area contributed by atoms with Crippen LogP contribution in [0.3, 0.4) is 0 Å². The molecular weight excluding hydrogens is 255 g/mol. The van der Waals surface area contributed by atoms with Gasteiger partial charge in [0.15, 0.2) is 0 Å². The van der Waals surface area contributed by atoms with Crippen LogP contribution in [0.4, 0.5) is 4.39 Å². The van der Waals surface area contributed by atoms with Gasteiger partial charge in [-0.15, -0.1) is 0 Å². The molecule has 0 bridgehead atoms. The van der Waals surface area contributed by atoms with E-state index >= 15 is 0 Å². The van der Waals surface area contributed by atoms with E-state index < -0.39 is 0 Å². The van der Waals surface area contributed by atoms with E-state index in [2.05, 4.69) is 15.9 Å². The van der Waals surface area contributed by atoms with Gasteiger partial charge in [-0.3, -0.25) is 0 Å². The lowest BCUT2D eigenvalue weighted by molar-refractivity contribution is 0.224. The molecule has 0 heterocycles. The average Bonchev–Trinajstić information content (AvgIpc) is 2.14. The molecule has 0 amide bonds. The maximum Gasteiger partial charge on any atom is 0.123 e. The molecule has 1 atom stereocenters. The molecule has 82 valence electrons. The Labute approximate surface area is 99.0 Å². The molecule has 1 aromatic rings. The van der Waals surface area contributed by atoms with Gasteiger partial charge in [-0.2, -0.15) is 0 Å². The molecule has 1 unspecified atom stereocenters. The molecule has 0 N–H and O–H groups in total. The van der Waals surface area contributed by atoms with Crippen molar-refractivity contribution in [3.05, 3.63) is 35.6 Å². The van der Waals surface area contributed by atoms with Crippen molar-refractivity contribution >= 4 is 15.9 Å². The van der Waals surface area contributed by atoms with Gasteiger partial charge in [0.05, 0.1) is 0 Å². The molecule has 1 aromatic carbocycles. The zero-order chi connectivity index (χ0) is 10.7. The first-order chi connectivity index (χ1) is 7.29. The van der Waals surface area contributed by atoms with E-state index in [-0.39, 0.29) is 5.82 Å². The third-order valence-corrected chi connectivity index (χ3v) is 4.23. The van der Waals surface area contributed by atoms with Gasteiger partial charge in [0, 0.05) is 5.33 Å². The second kappa shape index (κ2) is 5.11. The van der Waals surface area contributed by atoms with Crippen LogP contribution in [-0.4, -0.2) is 5.33 Å². The normalized spacial score (nSPS) is 18.5. The topological polar surface area (TPSA) is 0 Å². The fourth-order valence-electron chi connectivity index (χ4n) is 2.23. The smallest absolute Gasteiger partial charge is 0.123 e. The fraction of sp³-hybridized carbons (Fsp3) is 0.538. The average molecular weight is 271 g/mol. The van der Waals surface area contributed by atoms with Crippen LogP contribution in [0, 0.1) is 17.7 Å².